The summed E-state index contributed by atoms with van der Waals surface area (Å²) in [6, 6.07) is 13.8. The van der Waals surface area contributed by atoms with Crippen LogP contribution in [0.4, 0.5) is 0 Å². The number of aromatic nitrogens is 2. The largest absolute Gasteiger partial charge is 0.342 e. The summed E-state index contributed by atoms with van der Waals surface area (Å²) in [5, 5.41) is 0.766. The third kappa shape index (κ3) is 2.35. The van der Waals surface area contributed by atoms with Gasteiger partial charge in [-0.1, -0.05) is 41.9 Å². The van der Waals surface area contributed by atoms with Gasteiger partial charge in [0, 0.05) is 18.0 Å². The Morgan fingerprint density at radius 1 is 1.05 bits per heavy atom. The van der Waals surface area contributed by atoms with E-state index in [0.717, 1.165) is 33.0 Å². The van der Waals surface area contributed by atoms with Crippen molar-refractivity contribution in [1.29, 1.82) is 0 Å². The molecule has 3 aromatic rings. The van der Waals surface area contributed by atoms with Gasteiger partial charge in [0.1, 0.15) is 5.82 Å². The highest BCUT2D eigenvalue weighted by atomic mass is 35.5. The molecule has 3 N–H and O–H groups in total. The lowest BCUT2D eigenvalue weighted by Gasteiger charge is -2.00. The maximum atomic E-state index is 6.17. The molecule has 0 spiro atoms. The summed E-state index contributed by atoms with van der Waals surface area (Å²) >= 11 is 6.17. The van der Waals surface area contributed by atoms with Gasteiger partial charge in [-0.2, -0.15) is 0 Å². The number of nitrogens with two attached hydrogens (primary N) is 1. The molecule has 0 fully saturated rings. The van der Waals surface area contributed by atoms with Crippen molar-refractivity contribution in [2.24, 2.45) is 5.73 Å². The van der Waals surface area contributed by atoms with Gasteiger partial charge < -0.3 is 10.7 Å². The van der Waals surface area contributed by atoms with Crippen molar-refractivity contribution in [3.05, 3.63) is 64.4 Å². The highest BCUT2D eigenvalue weighted by molar-refractivity contribution is 6.31. The molecule has 19 heavy (non-hydrogen) atoms. The van der Waals surface area contributed by atoms with Crippen molar-refractivity contribution < 1.29 is 0 Å². The predicted octanol–water partition coefficient (Wildman–Crippen LogP) is 3.27. The van der Waals surface area contributed by atoms with E-state index in [0.29, 0.717) is 13.0 Å². The first-order valence-corrected chi connectivity index (χ1v) is 6.55. The van der Waals surface area contributed by atoms with E-state index in [9.17, 15) is 0 Å². The monoisotopic (exact) mass is 271 g/mol. The number of halogens is 1. The number of benzene rings is 2. The van der Waals surface area contributed by atoms with E-state index < -0.39 is 0 Å². The van der Waals surface area contributed by atoms with E-state index in [1.165, 1.54) is 0 Å². The molecule has 0 aliphatic carbocycles. The first kappa shape index (κ1) is 12.2. The third-order valence-corrected chi connectivity index (χ3v) is 3.55. The summed E-state index contributed by atoms with van der Waals surface area (Å²) < 4.78 is 0. The van der Waals surface area contributed by atoms with E-state index in [1.807, 2.05) is 42.5 Å². The predicted molar refractivity (Wildman–Crippen MR) is 78.2 cm³/mol. The lowest BCUT2D eigenvalue weighted by atomic mass is 10.1. The quantitative estimate of drug-likeness (QED) is 0.768. The topological polar surface area (TPSA) is 54.7 Å². The van der Waals surface area contributed by atoms with Crippen LogP contribution in [0.2, 0.25) is 5.02 Å². The minimum absolute atomic E-state index is 0.494. The molecular weight excluding hydrogens is 258 g/mol. The average Bonchev–Trinajstić information content (AvgIpc) is 2.83. The van der Waals surface area contributed by atoms with Crippen molar-refractivity contribution in [3.8, 4) is 0 Å². The summed E-state index contributed by atoms with van der Waals surface area (Å²) in [7, 11) is 0. The van der Waals surface area contributed by atoms with Gasteiger partial charge in [-0.05, 0) is 23.3 Å². The van der Waals surface area contributed by atoms with Gasteiger partial charge in [0.2, 0.25) is 0 Å². The summed E-state index contributed by atoms with van der Waals surface area (Å²) in [5.41, 5.74) is 9.82. The standard InChI is InChI=1S/C15H14ClN3/c16-12-6-2-1-4-10(12)8-14-18-13-7-3-5-11(9-17)15(13)19-14/h1-7H,8-9,17H2,(H,18,19). The van der Waals surface area contributed by atoms with Crippen LogP contribution in [0.1, 0.15) is 17.0 Å². The van der Waals surface area contributed by atoms with E-state index in [-0.39, 0.29) is 0 Å². The maximum absolute atomic E-state index is 6.17. The Balaban J connectivity index is 2.00. The van der Waals surface area contributed by atoms with Crippen molar-refractivity contribution >= 4 is 22.6 Å². The molecule has 0 unspecified atom stereocenters. The molecular formula is C15H14ClN3. The van der Waals surface area contributed by atoms with Crippen molar-refractivity contribution in [1.82, 2.24) is 9.97 Å². The molecule has 2 aromatic carbocycles. The molecule has 1 aromatic heterocycles. The fourth-order valence-electron chi connectivity index (χ4n) is 2.21. The van der Waals surface area contributed by atoms with Crippen LogP contribution in [0.15, 0.2) is 42.5 Å². The lowest BCUT2D eigenvalue weighted by Crippen LogP contribution is -1.96. The van der Waals surface area contributed by atoms with Crippen molar-refractivity contribution in [3.63, 3.8) is 0 Å². The van der Waals surface area contributed by atoms with Gasteiger partial charge in [0.15, 0.2) is 0 Å². The molecule has 1 heterocycles. The molecule has 3 rings (SSSR count). The molecule has 0 radical (unpaired) electrons. The molecule has 0 bridgehead atoms. The number of aromatic amines is 1. The number of hydrogen-bond acceptors (Lipinski definition) is 2. The second-order valence-corrected chi connectivity index (χ2v) is 4.88. The second-order valence-electron chi connectivity index (χ2n) is 4.47. The van der Waals surface area contributed by atoms with E-state index in [4.69, 9.17) is 17.3 Å². The van der Waals surface area contributed by atoms with Crippen LogP contribution >= 0.6 is 11.6 Å². The van der Waals surface area contributed by atoms with Gasteiger partial charge in [-0.15, -0.1) is 0 Å². The second kappa shape index (κ2) is 5.03. The van der Waals surface area contributed by atoms with E-state index in [2.05, 4.69) is 9.97 Å². The molecule has 0 aliphatic heterocycles. The van der Waals surface area contributed by atoms with Crippen LogP contribution in [-0.2, 0) is 13.0 Å². The van der Waals surface area contributed by atoms with Crippen molar-refractivity contribution in [2.45, 2.75) is 13.0 Å². The molecule has 0 saturated heterocycles. The average molecular weight is 272 g/mol. The Hall–Kier alpha value is -1.84. The van der Waals surface area contributed by atoms with E-state index >= 15 is 0 Å². The van der Waals surface area contributed by atoms with Crippen LogP contribution < -0.4 is 5.73 Å². The SMILES string of the molecule is NCc1cccc2[nH]c(Cc3ccccc3Cl)nc12. The maximum Gasteiger partial charge on any atom is 0.111 e. The van der Waals surface area contributed by atoms with Gasteiger partial charge >= 0.3 is 0 Å². The zero-order valence-corrected chi connectivity index (χ0v) is 11.1. The number of rotatable bonds is 3. The number of fused-ring (bicyclic) bond motifs is 1. The van der Waals surface area contributed by atoms with Crippen LogP contribution in [0.3, 0.4) is 0 Å². The molecule has 0 aliphatic rings. The Bertz CT molecular complexity index is 718. The fraction of sp³-hybridized carbons (Fsp3) is 0.133. The molecule has 4 heteroatoms. The van der Waals surface area contributed by atoms with Crippen LogP contribution in [0.25, 0.3) is 11.0 Å². The number of nitrogens with one attached hydrogen (secondary N) is 1. The zero-order valence-electron chi connectivity index (χ0n) is 10.4. The number of nitrogens with zero attached hydrogens (tertiary/aromatic N) is 1. The number of imidazole rings is 1. The number of para-hydroxylation sites is 1. The molecule has 0 saturated carbocycles. The Morgan fingerprint density at radius 2 is 1.84 bits per heavy atom. The summed E-state index contributed by atoms with van der Waals surface area (Å²) in [4.78, 5) is 7.95. The number of H-pyrrole nitrogens is 1. The third-order valence-electron chi connectivity index (χ3n) is 3.18. The summed E-state index contributed by atoms with van der Waals surface area (Å²) in [5.74, 6) is 0.906. The summed E-state index contributed by atoms with van der Waals surface area (Å²) in [6.45, 7) is 0.494. The Labute approximate surface area is 116 Å². The molecule has 3 nitrogen and oxygen atoms in total. The van der Waals surface area contributed by atoms with Gasteiger partial charge in [0.25, 0.3) is 0 Å². The van der Waals surface area contributed by atoms with Crippen LogP contribution in [-0.4, -0.2) is 9.97 Å². The highest BCUT2D eigenvalue weighted by Gasteiger charge is 2.08. The van der Waals surface area contributed by atoms with Crippen molar-refractivity contribution in [2.75, 3.05) is 0 Å². The Kier molecular flexibility index (Phi) is 3.23. The van der Waals surface area contributed by atoms with E-state index in [1.54, 1.807) is 0 Å². The van der Waals surface area contributed by atoms with Crippen LogP contribution in [0.5, 0.6) is 0 Å². The first-order valence-electron chi connectivity index (χ1n) is 6.18. The van der Waals surface area contributed by atoms with Gasteiger partial charge in [0.05, 0.1) is 11.0 Å². The highest BCUT2D eigenvalue weighted by Crippen LogP contribution is 2.21. The minimum Gasteiger partial charge on any atom is -0.342 e. The molecule has 0 atom stereocenters. The first-order chi connectivity index (χ1) is 9.28. The molecule has 96 valence electrons. The van der Waals surface area contributed by atoms with Gasteiger partial charge in [-0.25, -0.2) is 4.98 Å². The molecule has 0 amide bonds. The normalized spacial score (nSPS) is 11.1. The fourth-order valence-corrected chi connectivity index (χ4v) is 2.42. The minimum atomic E-state index is 0.494. The van der Waals surface area contributed by atoms with Gasteiger partial charge in [-0.3, -0.25) is 0 Å². The summed E-state index contributed by atoms with van der Waals surface area (Å²) in [6.07, 6.45) is 0.693. The smallest absolute Gasteiger partial charge is 0.111 e. The zero-order chi connectivity index (χ0) is 13.2. The lowest BCUT2D eigenvalue weighted by molar-refractivity contribution is 1.03. The van der Waals surface area contributed by atoms with Crippen LogP contribution in [0, 0.1) is 0 Å². The Morgan fingerprint density at radius 3 is 2.63 bits per heavy atom. The number of hydrogen-bond donors (Lipinski definition) is 2.